The molecule has 3 rings (SSSR count). The average molecular weight is 270 g/mol. The summed E-state index contributed by atoms with van der Waals surface area (Å²) in [6.07, 6.45) is 0.831. The van der Waals surface area contributed by atoms with Gasteiger partial charge in [0.1, 0.15) is 11.6 Å². The highest BCUT2D eigenvalue weighted by molar-refractivity contribution is 6.11. The third-order valence-electron chi connectivity index (χ3n) is 3.68. The van der Waals surface area contributed by atoms with E-state index in [1.165, 1.54) is 12.1 Å². The smallest absolute Gasteiger partial charge is 0.193 e. The maximum Gasteiger partial charge on any atom is 0.193 e. The van der Waals surface area contributed by atoms with Crippen LogP contribution < -0.4 is 4.74 Å². The van der Waals surface area contributed by atoms with Crippen LogP contribution in [0.5, 0.6) is 5.75 Å². The van der Waals surface area contributed by atoms with Gasteiger partial charge >= 0.3 is 0 Å². The van der Waals surface area contributed by atoms with Crippen molar-refractivity contribution in [1.82, 2.24) is 0 Å². The molecule has 0 fully saturated rings. The van der Waals surface area contributed by atoms with E-state index in [1.807, 2.05) is 12.1 Å². The van der Waals surface area contributed by atoms with E-state index in [2.05, 4.69) is 0 Å². The minimum atomic E-state index is -0.307. The molecule has 0 spiro atoms. The molecule has 1 heterocycles. The Morgan fingerprint density at radius 1 is 1.15 bits per heavy atom. The first-order valence-corrected chi connectivity index (χ1v) is 6.63. The van der Waals surface area contributed by atoms with Crippen LogP contribution in [0.4, 0.5) is 4.39 Å². The Labute approximate surface area is 117 Å². The number of hydrogen-bond acceptors (Lipinski definition) is 2. The quantitative estimate of drug-likeness (QED) is 0.779. The second kappa shape index (κ2) is 4.75. The normalized spacial score (nSPS) is 12.9. The number of ketones is 1. The van der Waals surface area contributed by atoms with Crippen LogP contribution in [0.15, 0.2) is 30.3 Å². The van der Waals surface area contributed by atoms with Crippen molar-refractivity contribution >= 4 is 5.78 Å². The molecule has 1 aliphatic rings. The molecule has 0 amide bonds. The molecule has 102 valence electrons. The molecule has 1 aliphatic heterocycles. The molecule has 2 nitrogen and oxygen atoms in total. The molecular weight excluding hydrogens is 255 g/mol. The standard InChI is InChI=1S/C17H15FO2/c1-10-7-14(18)8-11(2)16(10)17(19)13-3-4-15-12(9-13)5-6-20-15/h3-4,7-9H,5-6H2,1-2H3. The fraction of sp³-hybridized carbons (Fsp3) is 0.235. The van der Waals surface area contributed by atoms with E-state index in [0.717, 1.165) is 17.7 Å². The van der Waals surface area contributed by atoms with Crippen molar-refractivity contribution in [2.24, 2.45) is 0 Å². The number of halogens is 1. The molecule has 0 saturated heterocycles. The first-order chi connectivity index (χ1) is 9.56. The van der Waals surface area contributed by atoms with Gasteiger partial charge in [-0.1, -0.05) is 0 Å². The van der Waals surface area contributed by atoms with Gasteiger partial charge in [-0.25, -0.2) is 4.39 Å². The molecular formula is C17H15FO2. The van der Waals surface area contributed by atoms with E-state index in [9.17, 15) is 9.18 Å². The van der Waals surface area contributed by atoms with E-state index in [-0.39, 0.29) is 11.6 Å². The fourth-order valence-corrected chi connectivity index (χ4v) is 2.74. The molecule has 0 atom stereocenters. The number of ether oxygens (including phenoxy) is 1. The van der Waals surface area contributed by atoms with E-state index < -0.39 is 0 Å². The highest BCUT2D eigenvalue weighted by Gasteiger charge is 2.19. The van der Waals surface area contributed by atoms with Crippen LogP contribution in [0.3, 0.4) is 0 Å². The average Bonchev–Trinajstić information content (AvgIpc) is 2.84. The predicted octanol–water partition coefficient (Wildman–Crippen LogP) is 3.61. The molecule has 3 heteroatoms. The second-order valence-electron chi connectivity index (χ2n) is 5.16. The lowest BCUT2D eigenvalue weighted by molar-refractivity contribution is 0.103. The highest BCUT2D eigenvalue weighted by Crippen LogP contribution is 2.28. The SMILES string of the molecule is Cc1cc(F)cc(C)c1C(=O)c1ccc2c(c1)CCO2. The maximum atomic E-state index is 13.3. The lowest BCUT2D eigenvalue weighted by atomic mass is 9.93. The van der Waals surface area contributed by atoms with Gasteiger partial charge in [-0.05, 0) is 60.9 Å². The van der Waals surface area contributed by atoms with Crippen molar-refractivity contribution in [3.63, 3.8) is 0 Å². The number of carbonyl (C=O) groups excluding carboxylic acids is 1. The summed E-state index contributed by atoms with van der Waals surface area (Å²) < 4.78 is 18.8. The van der Waals surface area contributed by atoms with Crippen LogP contribution in [0.1, 0.15) is 32.6 Å². The Bertz CT molecular complexity index is 681. The topological polar surface area (TPSA) is 26.3 Å². The maximum absolute atomic E-state index is 13.3. The summed E-state index contributed by atoms with van der Waals surface area (Å²) in [5, 5.41) is 0. The van der Waals surface area contributed by atoms with Gasteiger partial charge in [-0.15, -0.1) is 0 Å². The molecule has 2 aromatic carbocycles. The number of hydrogen-bond donors (Lipinski definition) is 0. The first kappa shape index (κ1) is 12.9. The van der Waals surface area contributed by atoms with Crippen LogP contribution >= 0.6 is 0 Å². The van der Waals surface area contributed by atoms with Gasteiger partial charge in [0.15, 0.2) is 5.78 Å². The van der Waals surface area contributed by atoms with Crippen molar-refractivity contribution in [3.8, 4) is 5.75 Å². The monoisotopic (exact) mass is 270 g/mol. The van der Waals surface area contributed by atoms with Crippen LogP contribution in [0.25, 0.3) is 0 Å². The summed E-state index contributed by atoms with van der Waals surface area (Å²) in [6.45, 7) is 4.20. The molecule has 0 saturated carbocycles. The van der Waals surface area contributed by atoms with Crippen molar-refractivity contribution in [2.45, 2.75) is 20.3 Å². The third kappa shape index (κ3) is 2.09. The molecule has 0 radical (unpaired) electrons. The number of carbonyl (C=O) groups is 1. The molecule has 20 heavy (non-hydrogen) atoms. The van der Waals surface area contributed by atoms with E-state index >= 15 is 0 Å². The van der Waals surface area contributed by atoms with Crippen molar-refractivity contribution < 1.29 is 13.9 Å². The lowest BCUT2D eigenvalue weighted by Crippen LogP contribution is -2.07. The van der Waals surface area contributed by atoms with E-state index in [4.69, 9.17) is 4.74 Å². The van der Waals surface area contributed by atoms with Gasteiger partial charge in [-0.3, -0.25) is 4.79 Å². The largest absolute Gasteiger partial charge is 0.493 e. The molecule has 0 bridgehead atoms. The van der Waals surface area contributed by atoms with Crippen LogP contribution in [0, 0.1) is 19.7 Å². The van der Waals surface area contributed by atoms with Crippen LogP contribution in [0.2, 0.25) is 0 Å². The summed E-state index contributed by atoms with van der Waals surface area (Å²) >= 11 is 0. The Hall–Kier alpha value is -2.16. The Morgan fingerprint density at radius 2 is 1.85 bits per heavy atom. The van der Waals surface area contributed by atoms with Crippen molar-refractivity contribution in [2.75, 3.05) is 6.61 Å². The van der Waals surface area contributed by atoms with Crippen LogP contribution in [-0.2, 0) is 6.42 Å². The number of benzene rings is 2. The predicted molar refractivity (Wildman–Crippen MR) is 74.9 cm³/mol. The van der Waals surface area contributed by atoms with Crippen LogP contribution in [-0.4, -0.2) is 12.4 Å². The fourth-order valence-electron chi connectivity index (χ4n) is 2.74. The summed E-state index contributed by atoms with van der Waals surface area (Å²) in [5.74, 6) is 0.489. The Morgan fingerprint density at radius 3 is 2.55 bits per heavy atom. The minimum absolute atomic E-state index is 0.0605. The van der Waals surface area contributed by atoms with Gasteiger partial charge in [0, 0.05) is 17.5 Å². The highest BCUT2D eigenvalue weighted by atomic mass is 19.1. The summed E-state index contributed by atoms with van der Waals surface area (Å²) in [7, 11) is 0. The molecule has 2 aromatic rings. The zero-order valence-electron chi connectivity index (χ0n) is 11.5. The van der Waals surface area contributed by atoms with E-state index in [0.29, 0.717) is 28.9 Å². The molecule has 0 aromatic heterocycles. The number of aryl methyl sites for hydroxylation is 2. The van der Waals surface area contributed by atoms with E-state index in [1.54, 1.807) is 19.9 Å². The van der Waals surface area contributed by atoms with Gasteiger partial charge in [0.2, 0.25) is 0 Å². The number of fused-ring (bicyclic) bond motifs is 1. The van der Waals surface area contributed by atoms with Gasteiger partial charge in [0.05, 0.1) is 6.61 Å². The minimum Gasteiger partial charge on any atom is -0.493 e. The molecule has 0 N–H and O–H groups in total. The first-order valence-electron chi connectivity index (χ1n) is 6.63. The van der Waals surface area contributed by atoms with Gasteiger partial charge in [0.25, 0.3) is 0 Å². The Kier molecular flexibility index (Phi) is 3.05. The summed E-state index contributed by atoms with van der Waals surface area (Å²) in [6, 6.07) is 8.29. The number of rotatable bonds is 2. The lowest BCUT2D eigenvalue weighted by Gasteiger charge is -2.10. The van der Waals surface area contributed by atoms with Crippen molar-refractivity contribution in [1.29, 1.82) is 0 Å². The summed E-state index contributed by atoms with van der Waals surface area (Å²) in [5.41, 5.74) is 3.62. The molecule has 0 aliphatic carbocycles. The Balaban J connectivity index is 2.05. The zero-order valence-corrected chi connectivity index (χ0v) is 11.5. The zero-order chi connectivity index (χ0) is 14.3. The van der Waals surface area contributed by atoms with Gasteiger partial charge < -0.3 is 4.74 Å². The second-order valence-corrected chi connectivity index (χ2v) is 5.16. The van der Waals surface area contributed by atoms with Gasteiger partial charge in [-0.2, -0.15) is 0 Å². The summed E-state index contributed by atoms with van der Waals surface area (Å²) in [4.78, 5) is 12.6. The van der Waals surface area contributed by atoms with Crippen molar-refractivity contribution in [3.05, 3.63) is 64.0 Å². The third-order valence-corrected chi connectivity index (χ3v) is 3.68. The molecule has 0 unspecified atom stereocenters.